The van der Waals surface area contributed by atoms with Gasteiger partial charge in [-0.25, -0.2) is 0 Å². The summed E-state index contributed by atoms with van der Waals surface area (Å²) in [6.07, 6.45) is 0. The Morgan fingerprint density at radius 3 is 0.500 bits per heavy atom. The van der Waals surface area contributed by atoms with Crippen molar-refractivity contribution in [3.05, 3.63) is 219 Å². The number of amides is 6. The average Bonchev–Trinajstić information content (AvgIpc) is 0.729. The van der Waals surface area contributed by atoms with E-state index < -0.39 is 76.2 Å². The zero-order chi connectivity index (χ0) is 70.6. The summed E-state index contributed by atoms with van der Waals surface area (Å²) in [5.41, 5.74) is 3.83. The molecule has 6 aromatic rings. The third-order valence-corrected chi connectivity index (χ3v) is 32.3. The lowest BCUT2D eigenvalue weighted by Gasteiger charge is -2.33. The fraction of sp³-hybridized carbons (Fsp3) is 0.100. The molecule has 0 saturated carbocycles. The van der Waals surface area contributed by atoms with Gasteiger partial charge in [0.2, 0.25) is 0 Å². The van der Waals surface area contributed by atoms with Gasteiger partial charge in [0.15, 0.2) is 0 Å². The Bertz CT molecular complexity index is 3800. The van der Waals surface area contributed by atoms with Gasteiger partial charge < -0.3 is 59.0 Å². The molecule has 0 fully saturated rings. The fourth-order valence-electron chi connectivity index (χ4n) is 7.04. The van der Waals surface area contributed by atoms with Gasteiger partial charge in [-0.1, -0.05) is 53.0 Å². The molecule has 2 aliphatic heterocycles. The molecular formula is C60H60Cl6N12O12P6. The van der Waals surface area contributed by atoms with E-state index >= 15 is 0 Å². The maximum atomic E-state index is 12.7. The molecule has 6 N–H and O–H groups in total. The van der Waals surface area contributed by atoms with Crippen molar-refractivity contribution in [1.82, 2.24) is 0 Å². The van der Waals surface area contributed by atoms with Crippen molar-refractivity contribution < 1.29 is 55.9 Å². The third-order valence-electron chi connectivity index (χ3n) is 11.7. The molecule has 2 heterocycles. The van der Waals surface area contributed by atoms with E-state index in [-0.39, 0.29) is 67.9 Å². The van der Waals surface area contributed by atoms with Crippen molar-refractivity contribution in [2.75, 3.05) is 31.9 Å². The van der Waals surface area contributed by atoms with Gasteiger partial charge in [0.1, 0.15) is 34.5 Å². The number of nitrogens with zero attached hydrogens (tertiary/aromatic N) is 6. The topological polar surface area (TPSA) is 304 Å². The molecule has 24 nitrogen and oxygen atoms in total. The first-order chi connectivity index (χ1) is 44.9. The zero-order valence-electron chi connectivity index (χ0n) is 51.6. The molecule has 0 radical (unpaired) electrons. The van der Waals surface area contributed by atoms with Gasteiger partial charge in [0, 0.05) is 67.6 Å². The van der Waals surface area contributed by atoms with Crippen molar-refractivity contribution >= 4 is 178 Å². The summed E-state index contributed by atoms with van der Waals surface area (Å²) in [7, 11) is -13.8. The second-order valence-corrected chi connectivity index (χ2v) is 41.6. The highest BCUT2D eigenvalue weighted by molar-refractivity contribution is 8.26. The van der Waals surface area contributed by atoms with E-state index in [1.807, 2.05) is 0 Å². The Balaban J connectivity index is 0.000000974. The normalized spacial score (nSPS) is 15.1. The summed E-state index contributed by atoms with van der Waals surface area (Å²) in [6, 6.07) is 37.1. The number of anilines is 6. The highest BCUT2D eigenvalue weighted by Crippen LogP contribution is 2.88. The van der Waals surface area contributed by atoms with Crippen LogP contribution in [0.3, 0.4) is 0 Å². The van der Waals surface area contributed by atoms with Crippen LogP contribution in [0.1, 0.15) is 41.5 Å². The van der Waals surface area contributed by atoms with E-state index in [1.54, 1.807) is 114 Å². The van der Waals surface area contributed by atoms with E-state index in [2.05, 4.69) is 84.9 Å². The summed E-state index contributed by atoms with van der Waals surface area (Å²) in [6.45, 7) is 31.7. The lowest BCUT2D eigenvalue weighted by Crippen LogP contribution is -2.13. The minimum atomic E-state index is -4.61. The largest absolute Gasteiger partial charge is 0.460 e. The highest BCUT2D eigenvalue weighted by atomic mass is 35.9. The van der Waals surface area contributed by atoms with Crippen molar-refractivity contribution in [3.8, 4) is 34.5 Å². The van der Waals surface area contributed by atoms with Crippen LogP contribution < -0.4 is 59.0 Å². The molecule has 0 aliphatic carbocycles. The number of carbonyl (C=O) groups is 6. The van der Waals surface area contributed by atoms with Gasteiger partial charge in [-0.2, -0.15) is 13.5 Å². The summed E-state index contributed by atoms with van der Waals surface area (Å²) in [4.78, 5) is 76.4. The van der Waals surface area contributed by atoms with Crippen LogP contribution in [-0.4, -0.2) is 35.4 Å². The van der Waals surface area contributed by atoms with E-state index in [0.29, 0.717) is 34.1 Å². The molecule has 0 unspecified atom stereocenters. The first-order valence-electron chi connectivity index (χ1n) is 27.5. The van der Waals surface area contributed by atoms with Gasteiger partial charge in [0.05, 0.1) is 0 Å². The molecule has 0 aromatic heterocycles. The molecule has 36 heteroatoms. The summed E-state index contributed by atoms with van der Waals surface area (Å²) < 4.78 is 68.5. The van der Waals surface area contributed by atoms with E-state index in [1.165, 1.54) is 72.8 Å². The van der Waals surface area contributed by atoms with Gasteiger partial charge in [-0.15, -0.1) is 0 Å². The molecule has 96 heavy (non-hydrogen) atoms. The number of carbonyl (C=O) groups excluding carboxylic acids is 6. The van der Waals surface area contributed by atoms with Gasteiger partial charge >= 0.3 is 23.0 Å². The van der Waals surface area contributed by atoms with Crippen molar-refractivity contribution in [2.45, 2.75) is 41.5 Å². The quantitative estimate of drug-likeness (QED) is 0.0243. The van der Waals surface area contributed by atoms with Crippen LogP contribution in [0.25, 0.3) is 0 Å². The minimum Gasteiger partial charge on any atom is -0.413 e. The molecule has 0 atom stereocenters. The lowest BCUT2D eigenvalue weighted by molar-refractivity contribution is -0.113. The molecule has 504 valence electrons. The Labute approximate surface area is 583 Å². The molecule has 6 amide bonds. The number of halogens is 6. The molecule has 2 aliphatic rings. The summed E-state index contributed by atoms with van der Waals surface area (Å²) >= 11 is 33.9. The maximum absolute atomic E-state index is 12.7. The third kappa shape index (κ3) is 22.8. The Hall–Kier alpha value is -7.50. The molecular weight excluding hydrogens is 1480 g/mol. The van der Waals surface area contributed by atoms with Crippen molar-refractivity contribution in [3.63, 3.8) is 0 Å². The predicted octanol–water partition coefficient (Wildman–Crippen LogP) is 22.7. The van der Waals surface area contributed by atoms with Crippen LogP contribution >= 0.6 is 108 Å². The van der Waals surface area contributed by atoms with Crippen LogP contribution in [0.5, 0.6) is 34.5 Å². The van der Waals surface area contributed by atoms with Crippen LogP contribution in [0.15, 0.2) is 246 Å². The van der Waals surface area contributed by atoms with Crippen molar-refractivity contribution in [2.24, 2.45) is 27.1 Å². The number of rotatable bonds is 24. The number of hydrogen-bond acceptors (Lipinski definition) is 18. The van der Waals surface area contributed by atoms with Gasteiger partial charge in [-0.05, 0) is 255 Å². The smallest absolute Gasteiger partial charge is 0.413 e. The van der Waals surface area contributed by atoms with Crippen LogP contribution in [0.4, 0.5) is 34.1 Å². The standard InChI is InChI=1S/C60H60N9O12P3.Cl6N3P3/c1-37(2)55(70)61-43-13-25-49(26-14-43)76-82(77-50-27-15-44(16-28-50)62-56(71)38(3)4)67-83(78-51-29-17-45(18-30-51)63-57(72)39(5)6,79-52-31-19-46(20-32-52)64-58(73)40(7)8)69-84(68-82,80-53-33-21-47(22-34-53)65-59(74)41(9)10)81-54-35-23-48(24-36-54)66-60(75)42(11)12;1-10(2)7-11(3,4)9-12(5,6)8-10/h13-36H,1,3,5,7,9,11H2,2,4,6,8,10,12H3,(H,61,70)(H,62,71)(H,63,72)(H,64,73)(H,65,74)(H,66,75);. The molecule has 0 spiro atoms. The van der Waals surface area contributed by atoms with Crippen LogP contribution in [-0.2, 0) is 28.8 Å². The Morgan fingerprint density at radius 2 is 0.385 bits per heavy atom. The number of benzene rings is 6. The van der Waals surface area contributed by atoms with Crippen LogP contribution in [0, 0.1) is 0 Å². The SMILES string of the molecule is C=C(C)C(=O)Nc1ccc(OP2(Oc3ccc(NC(=O)C(=C)C)cc3)=NP(Oc3ccc(NC(=O)C(=C)C)cc3)(Oc3ccc(NC(=O)C(=C)C)cc3)=NP(Oc3ccc(NC(=O)C(=C)C)cc3)(Oc3ccc(NC(=O)C(=C)C)cc3)=N2)cc1.ClP1(Cl)=NP(Cl)(Cl)=NP(Cl)(Cl)=N1. The van der Waals surface area contributed by atoms with E-state index in [0.717, 1.165) is 0 Å². The number of hydrogen-bond donors (Lipinski definition) is 6. The lowest BCUT2D eigenvalue weighted by atomic mass is 10.2. The Morgan fingerprint density at radius 1 is 0.260 bits per heavy atom. The van der Waals surface area contributed by atoms with Gasteiger partial charge in [-0.3, -0.25) is 28.8 Å². The second kappa shape index (κ2) is 32.2. The Kier molecular flexibility index (Phi) is 25.5. The van der Waals surface area contributed by atoms with Crippen LogP contribution in [0.2, 0.25) is 0 Å². The minimum absolute atomic E-state index is 0.0815. The maximum Gasteiger partial charge on any atom is 0.460 e. The highest BCUT2D eigenvalue weighted by Gasteiger charge is 2.49. The first-order valence-corrected chi connectivity index (χ1v) is 42.6. The average molecular weight is 1540 g/mol. The summed E-state index contributed by atoms with van der Waals surface area (Å²) in [5, 5.41) is 16.6. The molecule has 8 rings (SSSR count). The van der Waals surface area contributed by atoms with Gasteiger partial charge in [0.25, 0.3) is 53.2 Å². The van der Waals surface area contributed by atoms with E-state index in [4.69, 9.17) is 108 Å². The second-order valence-electron chi connectivity index (χ2n) is 20.5. The molecule has 0 bridgehead atoms. The summed E-state index contributed by atoms with van der Waals surface area (Å²) in [5.74, 6) is -10.8. The first kappa shape index (κ1) is 75.9. The fourth-order valence-corrected chi connectivity index (χ4v) is 34.9. The zero-order valence-corrected chi connectivity index (χ0v) is 61.5. The van der Waals surface area contributed by atoms with E-state index in [9.17, 15) is 28.8 Å². The predicted molar refractivity (Wildman–Crippen MR) is 394 cm³/mol. The van der Waals surface area contributed by atoms with Crippen molar-refractivity contribution in [1.29, 1.82) is 0 Å². The number of nitrogens with one attached hydrogen (secondary N) is 6. The molecule has 6 aromatic carbocycles. The monoisotopic (exact) mass is 1540 g/mol. The molecule has 0 saturated heterocycles.